The fourth-order valence-corrected chi connectivity index (χ4v) is 5.06. The Morgan fingerprint density at radius 2 is 1.64 bits per heavy atom. The first-order chi connectivity index (χ1) is 15.9. The molecule has 1 aliphatic rings. The quantitative estimate of drug-likeness (QED) is 0.403. The van der Waals surface area contributed by atoms with Crippen LogP contribution in [0, 0.1) is 0 Å². The molecule has 0 unspecified atom stereocenters. The van der Waals surface area contributed by atoms with Gasteiger partial charge in [-0.1, -0.05) is 13.3 Å². The van der Waals surface area contributed by atoms with E-state index in [1.54, 1.807) is 36.4 Å². The fourth-order valence-electron chi connectivity index (χ4n) is 3.59. The Labute approximate surface area is 196 Å². The normalized spacial score (nSPS) is 16.4. The second-order valence-electron chi connectivity index (χ2n) is 8.22. The van der Waals surface area contributed by atoms with Crippen molar-refractivity contribution in [3.63, 3.8) is 0 Å². The van der Waals surface area contributed by atoms with Crippen molar-refractivity contribution >= 4 is 10.0 Å². The lowest BCUT2D eigenvalue weighted by atomic mass is 10.1. The summed E-state index contributed by atoms with van der Waals surface area (Å²) < 4.78 is 38.6. The Bertz CT molecular complexity index is 942. The molecule has 0 spiro atoms. The molecule has 2 aromatic rings. The minimum atomic E-state index is -3.54. The first-order valence-electron chi connectivity index (χ1n) is 11.4. The molecule has 1 saturated heterocycles. The molecule has 3 N–H and O–H groups in total. The van der Waals surface area contributed by atoms with Gasteiger partial charge in [0.25, 0.3) is 0 Å². The molecule has 0 bridgehead atoms. The first-order valence-corrected chi connectivity index (χ1v) is 12.9. The zero-order valence-electron chi connectivity index (χ0n) is 19.0. The molecule has 182 valence electrons. The van der Waals surface area contributed by atoms with Gasteiger partial charge in [-0.3, -0.25) is 0 Å². The van der Waals surface area contributed by atoms with E-state index in [1.807, 2.05) is 0 Å². The minimum absolute atomic E-state index is 0.128. The van der Waals surface area contributed by atoms with Crippen LogP contribution in [0.2, 0.25) is 0 Å². The molecular formula is C24H34N2O6S. The van der Waals surface area contributed by atoms with Crippen molar-refractivity contribution < 1.29 is 28.1 Å². The van der Waals surface area contributed by atoms with Gasteiger partial charge < -0.3 is 25.0 Å². The molecule has 0 aliphatic carbocycles. The number of phenols is 1. The van der Waals surface area contributed by atoms with Crippen molar-refractivity contribution in [2.75, 3.05) is 32.8 Å². The van der Waals surface area contributed by atoms with E-state index in [0.717, 1.165) is 12.8 Å². The van der Waals surface area contributed by atoms with E-state index in [2.05, 4.69) is 12.2 Å². The van der Waals surface area contributed by atoms with Crippen molar-refractivity contribution in [2.24, 2.45) is 0 Å². The van der Waals surface area contributed by atoms with Crippen LogP contribution in [0.15, 0.2) is 53.4 Å². The topological polar surface area (TPSA) is 108 Å². The number of hydrogen-bond acceptors (Lipinski definition) is 7. The van der Waals surface area contributed by atoms with E-state index in [-0.39, 0.29) is 23.3 Å². The molecular weight excluding hydrogens is 444 g/mol. The maximum absolute atomic E-state index is 13.0. The Hall–Kier alpha value is -2.33. The molecule has 1 atom stereocenters. The third-order valence-electron chi connectivity index (χ3n) is 5.60. The molecule has 2 aromatic carbocycles. The Kier molecular flexibility index (Phi) is 9.37. The second kappa shape index (κ2) is 12.2. The van der Waals surface area contributed by atoms with Gasteiger partial charge in [-0.2, -0.15) is 4.31 Å². The predicted octanol–water partition coefficient (Wildman–Crippen LogP) is 2.75. The van der Waals surface area contributed by atoms with Crippen LogP contribution in [-0.4, -0.2) is 67.9 Å². The molecule has 0 radical (unpaired) electrons. The van der Waals surface area contributed by atoms with Crippen LogP contribution in [0.3, 0.4) is 0 Å². The highest BCUT2D eigenvalue weighted by Crippen LogP contribution is 2.23. The molecule has 0 aromatic heterocycles. The minimum Gasteiger partial charge on any atom is -0.508 e. The summed E-state index contributed by atoms with van der Waals surface area (Å²) in [5.41, 5.74) is 0. The predicted molar refractivity (Wildman–Crippen MR) is 126 cm³/mol. The summed E-state index contributed by atoms with van der Waals surface area (Å²) in [5, 5.41) is 22.7. The number of benzene rings is 2. The van der Waals surface area contributed by atoms with E-state index in [0.29, 0.717) is 50.6 Å². The molecule has 9 heteroatoms. The third-order valence-corrected chi connectivity index (χ3v) is 7.52. The maximum Gasteiger partial charge on any atom is 0.243 e. The summed E-state index contributed by atoms with van der Waals surface area (Å²) in [5.74, 6) is 1.41. The van der Waals surface area contributed by atoms with Gasteiger partial charge in [0.15, 0.2) is 0 Å². The lowest BCUT2D eigenvalue weighted by Crippen LogP contribution is -2.47. The van der Waals surface area contributed by atoms with Crippen molar-refractivity contribution in [3.8, 4) is 17.2 Å². The van der Waals surface area contributed by atoms with E-state index in [9.17, 15) is 18.6 Å². The molecule has 1 heterocycles. The summed E-state index contributed by atoms with van der Waals surface area (Å²) in [4.78, 5) is 0.276. The first kappa shape index (κ1) is 25.3. The van der Waals surface area contributed by atoms with E-state index < -0.39 is 16.1 Å². The molecule has 33 heavy (non-hydrogen) atoms. The van der Waals surface area contributed by atoms with Crippen LogP contribution in [0.25, 0.3) is 0 Å². The highest BCUT2D eigenvalue weighted by atomic mass is 32.2. The third kappa shape index (κ3) is 7.60. The largest absolute Gasteiger partial charge is 0.508 e. The van der Waals surface area contributed by atoms with Crippen LogP contribution in [-0.2, 0) is 10.0 Å². The molecule has 0 amide bonds. The number of unbranched alkanes of at least 4 members (excludes halogenated alkanes) is 1. The Morgan fingerprint density at radius 1 is 1.03 bits per heavy atom. The average molecular weight is 479 g/mol. The van der Waals surface area contributed by atoms with Crippen LogP contribution in [0.5, 0.6) is 17.2 Å². The van der Waals surface area contributed by atoms with E-state index >= 15 is 0 Å². The number of ether oxygens (including phenoxy) is 2. The number of aliphatic hydroxyl groups excluding tert-OH is 1. The standard InChI is InChI=1S/C24H34N2O6S/c1-2-3-16-31-22-8-10-24(11-9-22)33(29,30)26-14-12-19(13-15-26)25-17-21(28)18-32-23-6-4-20(27)5-7-23/h4-11,19,21,25,27-28H,2-3,12-18H2,1H3/t21-/m0/s1. The van der Waals surface area contributed by atoms with Gasteiger partial charge >= 0.3 is 0 Å². The van der Waals surface area contributed by atoms with Gasteiger partial charge in [0.05, 0.1) is 11.5 Å². The molecule has 8 nitrogen and oxygen atoms in total. The van der Waals surface area contributed by atoms with Crippen LogP contribution in [0.1, 0.15) is 32.6 Å². The lowest BCUT2D eigenvalue weighted by Gasteiger charge is -2.32. The number of nitrogens with one attached hydrogen (secondary N) is 1. The SMILES string of the molecule is CCCCOc1ccc(S(=O)(=O)N2CCC(NC[C@H](O)COc3ccc(O)cc3)CC2)cc1. The number of piperidine rings is 1. The van der Waals surface area contributed by atoms with Gasteiger partial charge in [0, 0.05) is 25.7 Å². The number of aliphatic hydroxyl groups is 1. The summed E-state index contributed by atoms with van der Waals surface area (Å²) >= 11 is 0. The van der Waals surface area contributed by atoms with Crippen molar-refractivity contribution in [1.29, 1.82) is 0 Å². The summed E-state index contributed by atoms with van der Waals surface area (Å²) in [7, 11) is -3.54. The summed E-state index contributed by atoms with van der Waals surface area (Å²) in [6, 6.07) is 13.1. The Morgan fingerprint density at radius 3 is 2.27 bits per heavy atom. The van der Waals surface area contributed by atoms with Gasteiger partial charge in [0.1, 0.15) is 30.0 Å². The van der Waals surface area contributed by atoms with Gasteiger partial charge in [-0.25, -0.2) is 8.42 Å². The number of nitrogens with zero attached hydrogens (tertiary/aromatic N) is 1. The van der Waals surface area contributed by atoms with E-state index in [1.165, 1.54) is 16.4 Å². The number of aromatic hydroxyl groups is 1. The molecule has 3 rings (SSSR count). The smallest absolute Gasteiger partial charge is 0.243 e. The summed E-state index contributed by atoms with van der Waals surface area (Å²) in [6.07, 6.45) is 2.65. The highest BCUT2D eigenvalue weighted by Gasteiger charge is 2.29. The van der Waals surface area contributed by atoms with Crippen LogP contribution < -0.4 is 14.8 Å². The number of rotatable bonds is 12. The van der Waals surface area contributed by atoms with Crippen molar-refractivity contribution in [3.05, 3.63) is 48.5 Å². The fraction of sp³-hybridized carbons (Fsp3) is 0.500. The molecule has 1 fully saturated rings. The zero-order valence-corrected chi connectivity index (χ0v) is 19.8. The number of phenolic OH excluding ortho intramolecular Hbond substituents is 1. The monoisotopic (exact) mass is 478 g/mol. The van der Waals surface area contributed by atoms with Crippen molar-refractivity contribution in [2.45, 2.75) is 49.6 Å². The van der Waals surface area contributed by atoms with E-state index in [4.69, 9.17) is 9.47 Å². The van der Waals surface area contributed by atoms with Crippen molar-refractivity contribution in [1.82, 2.24) is 9.62 Å². The molecule has 1 aliphatic heterocycles. The Balaban J connectivity index is 1.40. The lowest BCUT2D eigenvalue weighted by molar-refractivity contribution is 0.101. The average Bonchev–Trinajstić information content (AvgIpc) is 2.83. The summed E-state index contributed by atoms with van der Waals surface area (Å²) in [6.45, 7) is 4.05. The van der Waals surface area contributed by atoms with Gasteiger partial charge in [-0.15, -0.1) is 0 Å². The number of sulfonamides is 1. The maximum atomic E-state index is 13.0. The van der Waals surface area contributed by atoms with Crippen LogP contribution >= 0.6 is 0 Å². The second-order valence-corrected chi connectivity index (χ2v) is 10.2. The zero-order chi connectivity index (χ0) is 23.7. The molecule has 0 saturated carbocycles. The van der Waals surface area contributed by atoms with Crippen LogP contribution in [0.4, 0.5) is 0 Å². The van der Waals surface area contributed by atoms with Gasteiger partial charge in [-0.05, 0) is 67.8 Å². The highest BCUT2D eigenvalue weighted by molar-refractivity contribution is 7.89. The van der Waals surface area contributed by atoms with Gasteiger partial charge in [0.2, 0.25) is 10.0 Å². The number of hydrogen-bond donors (Lipinski definition) is 3.